The number of hydrogen-bond acceptors (Lipinski definition) is 4. The van der Waals surface area contributed by atoms with Crippen LogP contribution < -0.4 is 5.32 Å². The minimum Gasteiger partial charge on any atom is -0.476 e. The molecule has 17 heavy (non-hydrogen) atoms. The first-order chi connectivity index (χ1) is 8.08. The number of rotatable bonds is 3. The number of nitrogens with zero attached hydrogens (tertiary/aromatic N) is 1. The Morgan fingerprint density at radius 2 is 2.29 bits per heavy atom. The fraction of sp³-hybridized carbons (Fsp3) is 0.0909. The van der Waals surface area contributed by atoms with E-state index in [1.807, 2.05) is 19.1 Å². The second-order valence-electron chi connectivity index (χ2n) is 3.40. The minimum atomic E-state index is -1.04. The molecule has 0 saturated carbocycles. The van der Waals surface area contributed by atoms with Crippen molar-refractivity contribution < 1.29 is 9.90 Å². The van der Waals surface area contributed by atoms with E-state index in [1.54, 1.807) is 6.07 Å². The van der Waals surface area contributed by atoms with E-state index in [0.717, 1.165) is 11.3 Å². The lowest BCUT2D eigenvalue weighted by molar-refractivity contribution is 0.0691. The molecule has 0 aliphatic carbocycles. The van der Waals surface area contributed by atoms with Gasteiger partial charge in [-0.25, -0.2) is 9.78 Å². The zero-order chi connectivity index (χ0) is 12.4. The number of benzene rings is 1. The average molecular weight is 269 g/mol. The molecular weight excluding hydrogens is 260 g/mol. The van der Waals surface area contributed by atoms with Gasteiger partial charge < -0.3 is 10.4 Å². The summed E-state index contributed by atoms with van der Waals surface area (Å²) in [5.41, 5.74) is 1.76. The predicted molar refractivity (Wildman–Crippen MR) is 68.5 cm³/mol. The molecule has 2 aromatic rings. The first-order valence-corrected chi connectivity index (χ1v) is 6.04. The van der Waals surface area contributed by atoms with Gasteiger partial charge in [0.2, 0.25) is 0 Å². The molecule has 1 aromatic carbocycles. The fourth-order valence-electron chi connectivity index (χ4n) is 1.33. The highest BCUT2D eigenvalue weighted by molar-refractivity contribution is 7.14. The Morgan fingerprint density at radius 3 is 2.88 bits per heavy atom. The summed E-state index contributed by atoms with van der Waals surface area (Å²) in [5, 5.41) is 14.4. The van der Waals surface area contributed by atoms with Crippen LogP contribution in [0.25, 0.3) is 0 Å². The number of hydrogen-bond donors (Lipinski definition) is 2. The van der Waals surface area contributed by atoms with Crippen LogP contribution in [-0.4, -0.2) is 16.1 Å². The number of para-hydroxylation sites is 1. The van der Waals surface area contributed by atoms with E-state index >= 15 is 0 Å². The van der Waals surface area contributed by atoms with Crippen LogP contribution >= 0.6 is 22.9 Å². The third-order valence-corrected chi connectivity index (χ3v) is 3.25. The van der Waals surface area contributed by atoms with Crippen LogP contribution in [0.5, 0.6) is 0 Å². The SMILES string of the molecule is Cc1cccc(Cl)c1Nc1nc(C(=O)O)cs1. The van der Waals surface area contributed by atoms with E-state index in [9.17, 15) is 4.79 Å². The fourth-order valence-corrected chi connectivity index (χ4v) is 2.28. The molecule has 2 rings (SSSR count). The van der Waals surface area contributed by atoms with Gasteiger partial charge in [-0.1, -0.05) is 23.7 Å². The standard InChI is InChI=1S/C11H9ClN2O2S/c1-6-3-2-4-7(12)9(6)14-11-13-8(5-17-11)10(15)16/h2-5H,1H3,(H,13,14)(H,15,16). The lowest BCUT2D eigenvalue weighted by Gasteiger charge is -2.08. The van der Waals surface area contributed by atoms with Crippen molar-refractivity contribution in [1.82, 2.24) is 4.98 Å². The van der Waals surface area contributed by atoms with Crippen molar-refractivity contribution in [1.29, 1.82) is 0 Å². The van der Waals surface area contributed by atoms with Gasteiger partial charge in [0.25, 0.3) is 0 Å². The smallest absolute Gasteiger partial charge is 0.355 e. The Kier molecular flexibility index (Phi) is 3.31. The number of carboxylic acids is 1. The van der Waals surface area contributed by atoms with E-state index in [-0.39, 0.29) is 5.69 Å². The van der Waals surface area contributed by atoms with Crippen molar-refractivity contribution in [3.63, 3.8) is 0 Å². The summed E-state index contributed by atoms with van der Waals surface area (Å²) < 4.78 is 0. The normalized spacial score (nSPS) is 10.2. The van der Waals surface area contributed by atoms with Gasteiger partial charge in [-0.3, -0.25) is 0 Å². The Bertz CT molecular complexity index is 548. The number of carboxylic acid groups (broad SMARTS) is 1. The number of thiazole rings is 1. The molecule has 0 amide bonds. The van der Waals surface area contributed by atoms with Crippen molar-refractivity contribution in [2.24, 2.45) is 0 Å². The molecule has 1 heterocycles. The van der Waals surface area contributed by atoms with Crippen LogP contribution in [-0.2, 0) is 0 Å². The molecule has 0 fully saturated rings. The summed E-state index contributed by atoms with van der Waals surface area (Å²) in [7, 11) is 0. The van der Waals surface area contributed by atoms with Gasteiger partial charge in [0.05, 0.1) is 10.7 Å². The highest BCUT2D eigenvalue weighted by Crippen LogP contribution is 2.29. The second-order valence-corrected chi connectivity index (χ2v) is 4.67. The van der Waals surface area contributed by atoms with E-state index < -0.39 is 5.97 Å². The van der Waals surface area contributed by atoms with Crippen LogP contribution in [0.4, 0.5) is 10.8 Å². The van der Waals surface area contributed by atoms with Gasteiger partial charge in [0.15, 0.2) is 10.8 Å². The maximum atomic E-state index is 10.7. The second kappa shape index (κ2) is 4.73. The molecule has 0 saturated heterocycles. The summed E-state index contributed by atoms with van der Waals surface area (Å²) >= 11 is 7.28. The van der Waals surface area contributed by atoms with Gasteiger partial charge in [0, 0.05) is 5.38 Å². The summed E-state index contributed by atoms with van der Waals surface area (Å²) in [6, 6.07) is 5.54. The molecule has 0 aliphatic heterocycles. The number of aromatic nitrogens is 1. The van der Waals surface area contributed by atoms with Crippen molar-refractivity contribution in [3.8, 4) is 0 Å². The molecule has 6 heteroatoms. The van der Waals surface area contributed by atoms with Gasteiger partial charge in [-0.2, -0.15) is 0 Å². The Morgan fingerprint density at radius 1 is 1.53 bits per heavy atom. The number of carbonyl (C=O) groups is 1. The Hall–Kier alpha value is -1.59. The zero-order valence-corrected chi connectivity index (χ0v) is 10.5. The molecular formula is C11H9ClN2O2S. The van der Waals surface area contributed by atoms with Crippen molar-refractivity contribution in [2.45, 2.75) is 6.92 Å². The molecule has 0 radical (unpaired) electrons. The van der Waals surface area contributed by atoms with Gasteiger partial charge in [-0.15, -0.1) is 11.3 Å². The zero-order valence-electron chi connectivity index (χ0n) is 8.90. The van der Waals surface area contributed by atoms with Gasteiger partial charge in [0.1, 0.15) is 0 Å². The van der Waals surface area contributed by atoms with Crippen LogP contribution in [0, 0.1) is 6.92 Å². The molecule has 0 spiro atoms. The third kappa shape index (κ3) is 2.57. The maximum Gasteiger partial charge on any atom is 0.355 e. The van der Waals surface area contributed by atoms with E-state index in [4.69, 9.17) is 16.7 Å². The van der Waals surface area contributed by atoms with E-state index in [0.29, 0.717) is 10.2 Å². The Balaban J connectivity index is 2.28. The summed E-state index contributed by atoms with van der Waals surface area (Å²) in [6.07, 6.45) is 0. The number of aryl methyl sites for hydroxylation is 1. The first-order valence-electron chi connectivity index (χ1n) is 4.79. The third-order valence-electron chi connectivity index (χ3n) is 2.18. The first kappa shape index (κ1) is 11.9. The van der Waals surface area contributed by atoms with Crippen LogP contribution in [0.2, 0.25) is 5.02 Å². The minimum absolute atomic E-state index is 0.0298. The molecule has 0 unspecified atom stereocenters. The molecule has 0 aliphatic rings. The predicted octanol–water partition coefficient (Wildman–Crippen LogP) is 3.55. The molecule has 1 aromatic heterocycles. The summed E-state index contributed by atoms with van der Waals surface area (Å²) in [4.78, 5) is 14.6. The van der Waals surface area contributed by atoms with Crippen LogP contribution in [0.1, 0.15) is 16.1 Å². The lowest BCUT2D eigenvalue weighted by Crippen LogP contribution is -1.98. The highest BCUT2D eigenvalue weighted by atomic mass is 35.5. The van der Waals surface area contributed by atoms with E-state index in [1.165, 1.54) is 16.7 Å². The van der Waals surface area contributed by atoms with Crippen LogP contribution in [0.3, 0.4) is 0 Å². The molecule has 0 bridgehead atoms. The lowest BCUT2D eigenvalue weighted by atomic mass is 10.2. The number of aromatic carboxylic acids is 1. The topological polar surface area (TPSA) is 62.2 Å². The molecule has 88 valence electrons. The summed E-state index contributed by atoms with van der Waals surface area (Å²) in [6.45, 7) is 1.92. The quantitative estimate of drug-likeness (QED) is 0.894. The monoisotopic (exact) mass is 268 g/mol. The highest BCUT2D eigenvalue weighted by Gasteiger charge is 2.10. The molecule has 4 nitrogen and oxygen atoms in total. The summed E-state index contributed by atoms with van der Waals surface area (Å²) in [5.74, 6) is -1.04. The van der Waals surface area contributed by atoms with Gasteiger partial charge >= 0.3 is 5.97 Å². The number of halogens is 1. The molecule has 0 atom stereocenters. The van der Waals surface area contributed by atoms with E-state index in [2.05, 4.69) is 10.3 Å². The Labute approximate surface area is 107 Å². The number of anilines is 2. The number of nitrogens with one attached hydrogen (secondary N) is 1. The maximum absolute atomic E-state index is 10.7. The van der Waals surface area contributed by atoms with Crippen molar-refractivity contribution in [3.05, 3.63) is 39.9 Å². The largest absolute Gasteiger partial charge is 0.476 e. The molecule has 2 N–H and O–H groups in total. The van der Waals surface area contributed by atoms with Crippen LogP contribution in [0.15, 0.2) is 23.6 Å². The van der Waals surface area contributed by atoms with Crippen molar-refractivity contribution >= 4 is 39.7 Å². The van der Waals surface area contributed by atoms with Gasteiger partial charge in [-0.05, 0) is 18.6 Å². The van der Waals surface area contributed by atoms with Crippen molar-refractivity contribution in [2.75, 3.05) is 5.32 Å². The average Bonchev–Trinajstić information content (AvgIpc) is 2.72.